The first-order valence-electron chi connectivity index (χ1n) is 5.49. The minimum absolute atomic E-state index is 0.425. The average Bonchev–Trinajstić information content (AvgIpc) is 2.15. The maximum atomic E-state index is 9.16. The summed E-state index contributed by atoms with van der Waals surface area (Å²) in [6, 6.07) is 0. The van der Waals surface area contributed by atoms with Gasteiger partial charge in [-0.15, -0.1) is 0 Å². The van der Waals surface area contributed by atoms with Crippen molar-refractivity contribution in [3.05, 3.63) is 0 Å². The lowest BCUT2D eigenvalue weighted by Gasteiger charge is -2.30. The lowest BCUT2D eigenvalue weighted by molar-refractivity contribution is 0.127. The largest absolute Gasteiger partial charge is 0.396 e. The van der Waals surface area contributed by atoms with Gasteiger partial charge < -0.3 is 5.11 Å². The van der Waals surface area contributed by atoms with Gasteiger partial charge in [-0.05, 0) is 18.3 Å². The molecule has 0 bridgehead atoms. The second-order valence-corrected chi connectivity index (χ2v) is 4.13. The Morgan fingerprint density at radius 1 is 1.17 bits per heavy atom. The van der Waals surface area contributed by atoms with Gasteiger partial charge in [-0.1, -0.05) is 45.4 Å². The molecule has 1 aliphatic rings. The van der Waals surface area contributed by atoms with Crippen molar-refractivity contribution in [1.82, 2.24) is 0 Å². The zero-order chi connectivity index (χ0) is 8.81. The molecular formula is C11H22O. The number of unbranched alkanes of at least 4 members (excludes halogenated alkanes) is 1. The third-order valence-corrected chi connectivity index (χ3v) is 3.23. The topological polar surface area (TPSA) is 20.2 Å². The van der Waals surface area contributed by atoms with E-state index in [1.807, 2.05) is 0 Å². The van der Waals surface area contributed by atoms with Crippen LogP contribution in [-0.4, -0.2) is 11.7 Å². The van der Waals surface area contributed by atoms with Crippen molar-refractivity contribution in [1.29, 1.82) is 0 Å². The van der Waals surface area contributed by atoms with Crippen LogP contribution in [0.25, 0.3) is 0 Å². The third-order valence-electron chi connectivity index (χ3n) is 3.23. The van der Waals surface area contributed by atoms with Crippen LogP contribution in [0.3, 0.4) is 0 Å². The Bertz CT molecular complexity index is 112. The third kappa shape index (κ3) is 2.78. The van der Waals surface area contributed by atoms with Gasteiger partial charge in [0, 0.05) is 6.61 Å². The van der Waals surface area contributed by atoms with E-state index in [2.05, 4.69) is 6.92 Å². The van der Waals surface area contributed by atoms with Crippen molar-refractivity contribution in [2.75, 3.05) is 6.61 Å². The first kappa shape index (κ1) is 10.0. The Labute approximate surface area is 76.2 Å². The molecular weight excluding hydrogens is 148 g/mol. The Hall–Kier alpha value is -0.0400. The summed E-state index contributed by atoms with van der Waals surface area (Å²) in [6.07, 6.45) is 9.37. The molecule has 0 aromatic carbocycles. The van der Waals surface area contributed by atoms with Crippen molar-refractivity contribution >= 4 is 0 Å². The van der Waals surface area contributed by atoms with E-state index in [4.69, 9.17) is 5.11 Å². The normalized spacial score (nSPS) is 30.5. The predicted octanol–water partition coefficient (Wildman–Crippen LogP) is 2.98. The quantitative estimate of drug-likeness (QED) is 0.687. The second kappa shape index (κ2) is 5.58. The van der Waals surface area contributed by atoms with Crippen molar-refractivity contribution in [3.8, 4) is 0 Å². The van der Waals surface area contributed by atoms with E-state index >= 15 is 0 Å². The van der Waals surface area contributed by atoms with Crippen LogP contribution >= 0.6 is 0 Å². The summed E-state index contributed by atoms with van der Waals surface area (Å²) in [7, 11) is 0. The molecule has 0 aromatic heterocycles. The first-order chi connectivity index (χ1) is 5.88. The molecule has 0 aromatic rings. The molecule has 1 nitrogen and oxygen atoms in total. The highest BCUT2D eigenvalue weighted by atomic mass is 16.3. The molecule has 2 atom stereocenters. The second-order valence-electron chi connectivity index (χ2n) is 4.13. The van der Waals surface area contributed by atoms with Gasteiger partial charge in [0.15, 0.2) is 0 Å². The predicted molar refractivity (Wildman–Crippen MR) is 52.1 cm³/mol. The minimum atomic E-state index is 0.425. The Kier molecular flexibility index (Phi) is 4.67. The summed E-state index contributed by atoms with van der Waals surface area (Å²) in [5, 5.41) is 9.16. The molecule has 0 unspecified atom stereocenters. The monoisotopic (exact) mass is 170 g/mol. The number of aliphatic hydroxyl groups excluding tert-OH is 1. The fraction of sp³-hybridized carbons (Fsp3) is 1.00. The molecule has 1 aliphatic carbocycles. The Morgan fingerprint density at radius 2 is 1.83 bits per heavy atom. The van der Waals surface area contributed by atoms with Gasteiger partial charge in [0.2, 0.25) is 0 Å². The van der Waals surface area contributed by atoms with E-state index < -0.39 is 0 Å². The fourth-order valence-electron chi connectivity index (χ4n) is 2.37. The summed E-state index contributed by atoms with van der Waals surface area (Å²) < 4.78 is 0. The highest BCUT2D eigenvalue weighted by molar-refractivity contribution is 4.74. The summed E-state index contributed by atoms with van der Waals surface area (Å²) in [5.41, 5.74) is 0. The van der Waals surface area contributed by atoms with Crippen LogP contribution in [-0.2, 0) is 0 Å². The van der Waals surface area contributed by atoms with E-state index in [1.165, 1.54) is 44.9 Å². The minimum Gasteiger partial charge on any atom is -0.396 e. The lowest BCUT2D eigenvalue weighted by atomic mass is 9.77. The van der Waals surface area contributed by atoms with Crippen molar-refractivity contribution < 1.29 is 5.11 Å². The van der Waals surface area contributed by atoms with Crippen LogP contribution < -0.4 is 0 Å². The highest BCUT2D eigenvalue weighted by Crippen LogP contribution is 2.32. The van der Waals surface area contributed by atoms with E-state index in [9.17, 15) is 0 Å². The summed E-state index contributed by atoms with van der Waals surface area (Å²) in [5.74, 6) is 1.47. The molecule has 0 aliphatic heterocycles. The van der Waals surface area contributed by atoms with Crippen LogP contribution in [0.4, 0.5) is 0 Å². The molecule has 0 spiro atoms. The van der Waals surface area contributed by atoms with Crippen molar-refractivity contribution in [2.24, 2.45) is 11.8 Å². The zero-order valence-corrected chi connectivity index (χ0v) is 8.26. The molecule has 1 saturated carbocycles. The van der Waals surface area contributed by atoms with Crippen LogP contribution in [0, 0.1) is 11.8 Å². The maximum Gasteiger partial charge on any atom is 0.0461 e. The summed E-state index contributed by atoms with van der Waals surface area (Å²) >= 11 is 0. The first-order valence-corrected chi connectivity index (χ1v) is 5.49. The molecule has 0 radical (unpaired) electrons. The molecule has 1 heteroatoms. The van der Waals surface area contributed by atoms with E-state index in [0.29, 0.717) is 12.5 Å². The summed E-state index contributed by atoms with van der Waals surface area (Å²) in [6.45, 7) is 2.67. The van der Waals surface area contributed by atoms with Gasteiger partial charge in [0.25, 0.3) is 0 Å². The fourth-order valence-corrected chi connectivity index (χ4v) is 2.37. The lowest BCUT2D eigenvalue weighted by Crippen LogP contribution is -2.22. The maximum absolute atomic E-state index is 9.16. The van der Waals surface area contributed by atoms with Crippen LogP contribution in [0.15, 0.2) is 0 Å². The smallest absolute Gasteiger partial charge is 0.0461 e. The van der Waals surface area contributed by atoms with Gasteiger partial charge in [-0.3, -0.25) is 0 Å². The highest BCUT2D eigenvalue weighted by Gasteiger charge is 2.23. The molecule has 0 heterocycles. The van der Waals surface area contributed by atoms with Gasteiger partial charge >= 0.3 is 0 Å². The van der Waals surface area contributed by atoms with Crippen LogP contribution in [0.1, 0.15) is 51.9 Å². The molecule has 1 N–H and O–H groups in total. The molecule has 0 amide bonds. The van der Waals surface area contributed by atoms with Crippen molar-refractivity contribution in [3.63, 3.8) is 0 Å². The average molecular weight is 170 g/mol. The number of hydrogen-bond donors (Lipinski definition) is 1. The van der Waals surface area contributed by atoms with E-state index in [0.717, 1.165) is 5.92 Å². The summed E-state index contributed by atoms with van der Waals surface area (Å²) in [4.78, 5) is 0. The van der Waals surface area contributed by atoms with Crippen LogP contribution in [0.2, 0.25) is 0 Å². The van der Waals surface area contributed by atoms with Gasteiger partial charge in [0.05, 0.1) is 0 Å². The van der Waals surface area contributed by atoms with Gasteiger partial charge in [-0.2, -0.15) is 0 Å². The van der Waals surface area contributed by atoms with Crippen molar-refractivity contribution in [2.45, 2.75) is 51.9 Å². The van der Waals surface area contributed by atoms with Gasteiger partial charge in [0.1, 0.15) is 0 Å². The molecule has 12 heavy (non-hydrogen) atoms. The van der Waals surface area contributed by atoms with E-state index in [-0.39, 0.29) is 0 Å². The Morgan fingerprint density at radius 3 is 2.42 bits per heavy atom. The molecule has 72 valence electrons. The Balaban J connectivity index is 2.26. The molecule has 1 rings (SSSR count). The number of hydrogen-bond acceptors (Lipinski definition) is 1. The number of aliphatic hydroxyl groups is 1. The zero-order valence-electron chi connectivity index (χ0n) is 8.26. The van der Waals surface area contributed by atoms with Crippen LogP contribution in [0.5, 0.6) is 0 Å². The molecule has 1 fully saturated rings. The standard InChI is InChI=1S/C11H22O/c1-2-3-6-10-7-4-5-8-11(10)9-12/h10-12H,2-9H2,1H3/t10-,11+/m1/s1. The molecule has 0 saturated heterocycles. The SMILES string of the molecule is CCCC[C@@H]1CCCC[C@H]1CO. The van der Waals surface area contributed by atoms with Gasteiger partial charge in [-0.25, -0.2) is 0 Å². The van der Waals surface area contributed by atoms with E-state index in [1.54, 1.807) is 0 Å². The number of rotatable bonds is 4.